The van der Waals surface area contributed by atoms with Crippen molar-refractivity contribution in [1.29, 1.82) is 0 Å². The molecule has 1 aromatic heterocycles. The zero-order chi connectivity index (χ0) is 13.7. The van der Waals surface area contributed by atoms with Gasteiger partial charge in [-0.2, -0.15) is 0 Å². The number of amides is 2. The van der Waals surface area contributed by atoms with Crippen LogP contribution in [0.1, 0.15) is 36.1 Å². The molecule has 19 heavy (non-hydrogen) atoms. The zero-order valence-corrected chi connectivity index (χ0v) is 12.1. The van der Waals surface area contributed by atoms with Gasteiger partial charge in [0.25, 0.3) is 0 Å². The summed E-state index contributed by atoms with van der Waals surface area (Å²) in [7, 11) is 0. The number of carbonyl (C=O) groups is 1. The smallest absolute Gasteiger partial charge is 0.315 e. The van der Waals surface area contributed by atoms with Crippen LogP contribution >= 0.6 is 11.3 Å². The summed E-state index contributed by atoms with van der Waals surface area (Å²) < 4.78 is 0. The molecule has 4 nitrogen and oxygen atoms in total. The molecule has 0 saturated heterocycles. The number of aliphatic hydroxyl groups excluding tert-OH is 1. The van der Waals surface area contributed by atoms with E-state index < -0.39 is 0 Å². The molecule has 0 aliphatic heterocycles. The third-order valence-corrected chi connectivity index (χ3v) is 4.86. The van der Waals surface area contributed by atoms with Crippen molar-refractivity contribution in [3.63, 3.8) is 0 Å². The van der Waals surface area contributed by atoms with Gasteiger partial charge in [-0.05, 0) is 36.8 Å². The fraction of sp³-hybridized carbons (Fsp3) is 0.643. The van der Waals surface area contributed by atoms with Crippen molar-refractivity contribution in [2.75, 3.05) is 6.61 Å². The maximum atomic E-state index is 11.9. The molecular formula is C14H22N2O2S. The van der Waals surface area contributed by atoms with E-state index in [1.165, 1.54) is 10.4 Å². The van der Waals surface area contributed by atoms with Crippen LogP contribution in [0.2, 0.25) is 0 Å². The molecular weight excluding hydrogens is 260 g/mol. The van der Waals surface area contributed by atoms with E-state index in [9.17, 15) is 9.90 Å². The van der Waals surface area contributed by atoms with E-state index in [-0.39, 0.29) is 24.6 Å². The minimum Gasteiger partial charge on any atom is -0.396 e. The largest absolute Gasteiger partial charge is 0.396 e. The van der Waals surface area contributed by atoms with Crippen LogP contribution in [0.3, 0.4) is 0 Å². The van der Waals surface area contributed by atoms with Gasteiger partial charge in [-0.25, -0.2) is 4.79 Å². The van der Waals surface area contributed by atoms with Crippen LogP contribution in [0.15, 0.2) is 11.4 Å². The topological polar surface area (TPSA) is 61.4 Å². The van der Waals surface area contributed by atoms with Gasteiger partial charge in [0.2, 0.25) is 0 Å². The van der Waals surface area contributed by atoms with Crippen molar-refractivity contribution in [2.24, 2.45) is 5.92 Å². The zero-order valence-electron chi connectivity index (χ0n) is 11.3. The predicted octanol–water partition coefficient (Wildman–Crippen LogP) is 2.41. The van der Waals surface area contributed by atoms with E-state index in [1.807, 2.05) is 12.3 Å². The molecule has 2 rings (SSSR count). The second kappa shape index (κ2) is 6.91. The minimum absolute atomic E-state index is 0.114. The van der Waals surface area contributed by atoms with Gasteiger partial charge in [0.15, 0.2) is 0 Å². The van der Waals surface area contributed by atoms with Crippen LogP contribution in [-0.4, -0.2) is 23.8 Å². The van der Waals surface area contributed by atoms with Gasteiger partial charge < -0.3 is 15.7 Å². The molecule has 0 bridgehead atoms. The predicted molar refractivity (Wildman–Crippen MR) is 77.3 cm³/mol. The number of hydrogen-bond acceptors (Lipinski definition) is 3. The molecule has 2 atom stereocenters. The normalized spacial score (nSPS) is 23.1. The first-order valence-electron chi connectivity index (χ1n) is 6.89. The monoisotopic (exact) mass is 282 g/mol. The summed E-state index contributed by atoms with van der Waals surface area (Å²) in [5.41, 5.74) is 1.22. The Balaban J connectivity index is 1.79. The van der Waals surface area contributed by atoms with Gasteiger partial charge in [-0.3, -0.25) is 0 Å². The third-order valence-electron chi connectivity index (χ3n) is 3.84. The molecule has 0 aromatic carbocycles. The van der Waals surface area contributed by atoms with Crippen LogP contribution < -0.4 is 10.6 Å². The number of aliphatic hydroxyl groups is 1. The highest BCUT2D eigenvalue weighted by Crippen LogP contribution is 2.23. The molecule has 1 saturated carbocycles. The van der Waals surface area contributed by atoms with Gasteiger partial charge >= 0.3 is 6.03 Å². The number of nitrogens with one attached hydrogen (secondary N) is 2. The molecule has 2 amide bonds. The van der Waals surface area contributed by atoms with Gasteiger partial charge in [0.1, 0.15) is 0 Å². The summed E-state index contributed by atoms with van der Waals surface area (Å²) >= 11 is 1.66. The van der Waals surface area contributed by atoms with Crippen LogP contribution in [-0.2, 0) is 6.54 Å². The molecule has 0 spiro atoms. The van der Waals surface area contributed by atoms with Gasteiger partial charge in [0.05, 0.1) is 6.54 Å². The lowest BCUT2D eigenvalue weighted by atomic mass is 9.85. The van der Waals surface area contributed by atoms with E-state index in [0.29, 0.717) is 6.54 Å². The van der Waals surface area contributed by atoms with E-state index in [1.54, 1.807) is 11.3 Å². The van der Waals surface area contributed by atoms with Crippen LogP contribution in [0.4, 0.5) is 4.79 Å². The molecule has 1 heterocycles. The molecule has 1 fully saturated rings. The quantitative estimate of drug-likeness (QED) is 0.794. The summed E-state index contributed by atoms with van der Waals surface area (Å²) in [6, 6.07) is 2.05. The number of rotatable bonds is 4. The first-order valence-corrected chi connectivity index (χ1v) is 7.77. The lowest BCUT2D eigenvalue weighted by molar-refractivity contribution is 0.153. The Hall–Kier alpha value is -1.07. The van der Waals surface area contributed by atoms with Crippen molar-refractivity contribution in [3.8, 4) is 0 Å². The van der Waals surface area contributed by atoms with Gasteiger partial charge in [-0.15, -0.1) is 11.3 Å². The average Bonchev–Trinajstić information content (AvgIpc) is 2.82. The van der Waals surface area contributed by atoms with Crippen molar-refractivity contribution in [3.05, 3.63) is 21.9 Å². The summed E-state index contributed by atoms with van der Waals surface area (Å²) in [6.07, 6.45) is 4.26. The molecule has 0 radical (unpaired) electrons. The van der Waals surface area contributed by atoms with Crippen molar-refractivity contribution in [1.82, 2.24) is 10.6 Å². The SMILES string of the molecule is Cc1ccsc1CNC(=O)N[C@H]1CCCC[C@H]1CO. The lowest BCUT2D eigenvalue weighted by Gasteiger charge is -2.30. The number of thiophene rings is 1. The number of urea groups is 1. The first kappa shape index (κ1) is 14.3. The second-order valence-electron chi connectivity index (χ2n) is 5.19. The Kier molecular flexibility index (Phi) is 5.22. The molecule has 1 aromatic rings. The van der Waals surface area contributed by atoms with E-state index in [2.05, 4.69) is 16.7 Å². The van der Waals surface area contributed by atoms with Crippen molar-refractivity contribution in [2.45, 2.75) is 45.2 Å². The Morgan fingerprint density at radius 1 is 1.47 bits per heavy atom. The van der Waals surface area contributed by atoms with Gasteiger partial charge in [-0.1, -0.05) is 12.8 Å². The van der Waals surface area contributed by atoms with E-state index in [0.717, 1.165) is 25.7 Å². The maximum absolute atomic E-state index is 11.9. The van der Waals surface area contributed by atoms with Crippen molar-refractivity contribution >= 4 is 17.4 Å². The average molecular weight is 282 g/mol. The molecule has 106 valence electrons. The van der Waals surface area contributed by atoms with Crippen LogP contribution in [0.5, 0.6) is 0 Å². The summed E-state index contributed by atoms with van der Waals surface area (Å²) in [4.78, 5) is 13.1. The minimum atomic E-state index is -0.127. The number of hydrogen-bond donors (Lipinski definition) is 3. The molecule has 3 N–H and O–H groups in total. The number of aryl methyl sites for hydroxylation is 1. The highest BCUT2D eigenvalue weighted by molar-refractivity contribution is 7.10. The Labute approximate surface area is 118 Å². The third kappa shape index (κ3) is 3.94. The summed E-state index contributed by atoms with van der Waals surface area (Å²) in [5.74, 6) is 0.211. The second-order valence-corrected chi connectivity index (χ2v) is 6.19. The highest BCUT2D eigenvalue weighted by atomic mass is 32.1. The molecule has 5 heteroatoms. The fourth-order valence-corrected chi connectivity index (χ4v) is 3.43. The van der Waals surface area contributed by atoms with Crippen molar-refractivity contribution < 1.29 is 9.90 Å². The maximum Gasteiger partial charge on any atom is 0.315 e. The highest BCUT2D eigenvalue weighted by Gasteiger charge is 2.25. The number of carbonyl (C=O) groups excluding carboxylic acids is 1. The van der Waals surface area contributed by atoms with E-state index in [4.69, 9.17) is 0 Å². The standard InChI is InChI=1S/C14H22N2O2S/c1-10-6-7-19-13(10)8-15-14(18)16-12-5-3-2-4-11(12)9-17/h6-7,11-12,17H,2-5,8-9H2,1H3,(H2,15,16,18)/t11-,12-/m0/s1. The lowest BCUT2D eigenvalue weighted by Crippen LogP contribution is -2.47. The van der Waals surface area contributed by atoms with E-state index >= 15 is 0 Å². The van der Waals surface area contributed by atoms with Crippen LogP contribution in [0, 0.1) is 12.8 Å². The first-order chi connectivity index (χ1) is 9.20. The molecule has 1 aliphatic carbocycles. The Morgan fingerprint density at radius 2 is 2.26 bits per heavy atom. The Bertz CT molecular complexity index is 419. The molecule has 1 aliphatic rings. The Morgan fingerprint density at radius 3 is 2.95 bits per heavy atom. The summed E-state index contributed by atoms with van der Waals surface area (Å²) in [6.45, 7) is 2.79. The summed E-state index contributed by atoms with van der Waals surface area (Å²) in [5, 5.41) is 17.2. The fourth-order valence-electron chi connectivity index (χ4n) is 2.58. The molecule has 0 unspecified atom stereocenters. The van der Waals surface area contributed by atoms with Gasteiger partial charge in [0, 0.05) is 23.4 Å². The van der Waals surface area contributed by atoms with Crippen LogP contribution in [0.25, 0.3) is 0 Å².